The monoisotopic (exact) mass is 430 g/mol. The summed E-state index contributed by atoms with van der Waals surface area (Å²) in [5, 5.41) is 5.87. The van der Waals surface area contributed by atoms with Crippen LogP contribution in [0.5, 0.6) is 0 Å². The fourth-order valence-electron chi connectivity index (χ4n) is 1.80. The Hall–Kier alpha value is -1.57. The van der Waals surface area contributed by atoms with Crippen LogP contribution in [0, 0.1) is 5.92 Å². The molecule has 5 nitrogen and oxygen atoms in total. The number of guanidine groups is 1. The summed E-state index contributed by atoms with van der Waals surface area (Å²) in [5.41, 5.74) is 8.54. The molecule has 1 aromatic rings. The average molecular weight is 430 g/mol. The van der Waals surface area contributed by atoms with Crippen LogP contribution in [0.25, 0.3) is 0 Å². The maximum atomic E-state index is 11.8. The highest BCUT2D eigenvalue weighted by molar-refractivity contribution is 14.0. The van der Waals surface area contributed by atoms with E-state index in [9.17, 15) is 4.79 Å². The summed E-state index contributed by atoms with van der Waals surface area (Å²) in [6.07, 6.45) is 0.514. The fourth-order valence-corrected chi connectivity index (χ4v) is 1.80. The van der Waals surface area contributed by atoms with Crippen LogP contribution in [0.15, 0.2) is 41.4 Å². The molecule has 0 spiro atoms. The number of nitrogens with one attached hydrogen (secondary N) is 2. The third-order valence-electron chi connectivity index (χ3n) is 2.81. The molecule has 0 radical (unpaired) electrons. The Morgan fingerprint density at radius 1 is 1.39 bits per heavy atom. The molecule has 0 aromatic heterocycles. The Morgan fingerprint density at radius 2 is 2.09 bits per heavy atom. The lowest BCUT2D eigenvalue weighted by Crippen LogP contribution is -2.32. The molecule has 0 saturated heterocycles. The largest absolute Gasteiger partial charge is 0.370 e. The lowest BCUT2D eigenvalue weighted by atomic mass is 10.1. The van der Waals surface area contributed by atoms with Gasteiger partial charge in [0.2, 0.25) is 5.91 Å². The topological polar surface area (TPSA) is 79.5 Å². The van der Waals surface area contributed by atoms with Crippen LogP contribution in [-0.4, -0.2) is 18.4 Å². The number of rotatable bonds is 7. The molecule has 0 aliphatic carbocycles. The van der Waals surface area contributed by atoms with Crippen molar-refractivity contribution in [2.24, 2.45) is 16.6 Å². The van der Waals surface area contributed by atoms with Crippen molar-refractivity contribution in [3.8, 4) is 0 Å². The van der Waals surface area contributed by atoms with Gasteiger partial charge in [-0.1, -0.05) is 38.1 Å². The molecule has 1 amide bonds. The van der Waals surface area contributed by atoms with E-state index in [0.717, 1.165) is 16.8 Å². The van der Waals surface area contributed by atoms with Gasteiger partial charge in [0.15, 0.2) is 5.96 Å². The van der Waals surface area contributed by atoms with E-state index in [1.54, 1.807) is 0 Å². The number of hydrogen-bond acceptors (Lipinski definition) is 2. The van der Waals surface area contributed by atoms with Crippen LogP contribution in [0.3, 0.4) is 0 Å². The van der Waals surface area contributed by atoms with Crippen molar-refractivity contribution in [1.82, 2.24) is 5.32 Å². The van der Waals surface area contributed by atoms with Gasteiger partial charge in [0, 0.05) is 18.7 Å². The molecular formula is C17H27IN4O. The quantitative estimate of drug-likeness (QED) is 0.269. The van der Waals surface area contributed by atoms with Crippen LogP contribution >= 0.6 is 24.0 Å². The molecule has 23 heavy (non-hydrogen) atoms. The maximum absolute atomic E-state index is 11.8. The molecule has 0 heterocycles. The fraction of sp³-hybridized carbons (Fsp3) is 0.412. The van der Waals surface area contributed by atoms with Gasteiger partial charge in [-0.3, -0.25) is 4.79 Å². The van der Waals surface area contributed by atoms with Crippen LogP contribution < -0.4 is 16.4 Å². The standard InChI is InChI=1S/C17H26N4O.HI/c1-12(2)8-16(22)21-15-7-5-6-14(9-15)11-20-17(18)19-10-13(3)4;/h5-7,9,12H,3,8,10-11H2,1-2,4H3,(H,21,22)(H3,18,19,20);1H. The Bertz CT molecular complexity index is 555. The van der Waals surface area contributed by atoms with Crippen molar-refractivity contribution in [3.63, 3.8) is 0 Å². The summed E-state index contributed by atoms with van der Waals surface area (Å²) >= 11 is 0. The Morgan fingerprint density at radius 3 is 2.70 bits per heavy atom. The second-order valence-corrected chi connectivity index (χ2v) is 5.86. The van der Waals surface area contributed by atoms with E-state index in [1.165, 1.54) is 0 Å². The normalized spacial score (nSPS) is 10.9. The van der Waals surface area contributed by atoms with Crippen LogP contribution in [-0.2, 0) is 11.3 Å². The van der Waals surface area contributed by atoms with Gasteiger partial charge >= 0.3 is 0 Å². The summed E-state index contributed by atoms with van der Waals surface area (Å²) < 4.78 is 0. The van der Waals surface area contributed by atoms with E-state index in [1.807, 2.05) is 45.0 Å². The third kappa shape index (κ3) is 9.93. The molecule has 0 fully saturated rings. The van der Waals surface area contributed by atoms with E-state index in [0.29, 0.717) is 31.4 Å². The first-order chi connectivity index (χ1) is 10.4. The van der Waals surface area contributed by atoms with Gasteiger partial charge in [0.05, 0.1) is 6.54 Å². The lowest BCUT2D eigenvalue weighted by molar-refractivity contribution is -0.116. The minimum absolute atomic E-state index is 0. The minimum Gasteiger partial charge on any atom is -0.370 e. The first kappa shape index (κ1) is 21.4. The summed E-state index contributed by atoms with van der Waals surface area (Å²) in [7, 11) is 0. The molecule has 0 unspecified atom stereocenters. The van der Waals surface area contributed by atoms with Gasteiger partial charge in [0.1, 0.15) is 0 Å². The van der Waals surface area contributed by atoms with Crippen LogP contribution in [0.1, 0.15) is 32.8 Å². The number of anilines is 1. The summed E-state index contributed by atoms with van der Waals surface area (Å²) in [6, 6.07) is 7.63. The number of carbonyl (C=O) groups is 1. The molecule has 0 bridgehead atoms. The van der Waals surface area contributed by atoms with Crippen molar-refractivity contribution in [2.45, 2.75) is 33.7 Å². The van der Waals surface area contributed by atoms with Gasteiger partial charge in [-0.25, -0.2) is 4.99 Å². The molecule has 0 aliphatic rings. The Balaban J connectivity index is 0.00000484. The molecule has 0 atom stereocenters. The highest BCUT2D eigenvalue weighted by Crippen LogP contribution is 2.13. The predicted molar refractivity (Wildman–Crippen MR) is 108 cm³/mol. The second-order valence-electron chi connectivity index (χ2n) is 5.86. The van der Waals surface area contributed by atoms with Crippen molar-refractivity contribution in [2.75, 3.05) is 11.9 Å². The van der Waals surface area contributed by atoms with Crippen molar-refractivity contribution in [3.05, 3.63) is 42.0 Å². The van der Waals surface area contributed by atoms with Crippen LogP contribution in [0.4, 0.5) is 5.69 Å². The number of nitrogens with two attached hydrogens (primary N) is 1. The van der Waals surface area contributed by atoms with E-state index in [2.05, 4.69) is 22.2 Å². The predicted octanol–water partition coefficient (Wildman–Crippen LogP) is 3.27. The molecule has 0 saturated carbocycles. The summed E-state index contributed by atoms with van der Waals surface area (Å²) in [4.78, 5) is 16.0. The van der Waals surface area contributed by atoms with Crippen molar-refractivity contribution < 1.29 is 4.79 Å². The number of nitrogens with zero attached hydrogens (tertiary/aromatic N) is 1. The number of carbonyl (C=O) groups excluding carboxylic acids is 1. The number of amides is 1. The van der Waals surface area contributed by atoms with E-state index < -0.39 is 0 Å². The highest BCUT2D eigenvalue weighted by atomic mass is 127. The first-order valence-electron chi connectivity index (χ1n) is 7.43. The number of halogens is 1. The smallest absolute Gasteiger partial charge is 0.224 e. The molecule has 0 aliphatic heterocycles. The molecule has 1 aromatic carbocycles. The molecular weight excluding hydrogens is 403 g/mol. The second kappa shape index (κ2) is 11.0. The zero-order valence-corrected chi connectivity index (χ0v) is 16.4. The van der Waals surface area contributed by atoms with Crippen LogP contribution in [0.2, 0.25) is 0 Å². The number of aliphatic imine (C=N–C) groups is 1. The van der Waals surface area contributed by atoms with Gasteiger partial charge in [-0.15, -0.1) is 24.0 Å². The van der Waals surface area contributed by atoms with Crippen molar-refractivity contribution >= 4 is 41.5 Å². The number of hydrogen-bond donors (Lipinski definition) is 3. The van der Waals surface area contributed by atoms with E-state index in [-0.39, 0.29) is 29.9 Å². The Kier molecular flexibility index (Phi) is 10.3. The molecule has 6 heteroatoms. The van der Waals surface area contributed by atoms with Gasteiger partial charge < -0.3 is 16.4 Å². The van der Waals surface area contributed by atoms with E-state index >= 15 is 0 Å². The molecule has 128 valence electrons. The molecule has 4 N–H and O–H groups in total. The third-order valence-corrected chi connectivity index (χ3v) is 2.81. The zero-order valence-electron chi connectivity index (χ0n) is 14.1. The zero-order chi connectivity index (χ0) is 16.5. The van der Waals surface area contributed by atoms with Crippen molar-refractivity contribution in [1.29, 1.82) is 0 Å². The van der Waals surface area contributed by atoms with Gasteiger partial charge in [-0.05, 0) is 30.5 Å². The highest BCUT2D eigenvalue weighted by Gasteiger charge is 2.05. The Labute approximate surface area is 155 Å². The summed E-state index contributed by atoms with van der Waals surface area (Å²) in [6.45, 7) is 10.8. The average Bonchev–Trinajstić information content (AvgIpc) is 2.42. The number of benzene rings is 1. The SMILES string of the molecule is C=C(C)CNC(N)=NCc1cccc(NC(=O)CC(C)C)c1.I. The first-order valence-corrected chi connectivity index (χ1v) is 7.43. The van der Waals surface area contributed by atoms with Gasteiger partial charge in [-0.2, -0.15) is 0 Å². The lowest BCUT2D eigenvalue weighted by Gasteiger charge is -2.09. The van der Waals surface area contributed by atoms with Gasteiger partial charge in [0.25, 0.3) is 0 Å². The maximum Gasteiger partial charge on any atom is 0.224 e. The minimum atomic E-state index is 0. The van der Waals surface area contributed by atoms with E-state index in [4.69, 9.17) is 5.73 Å². The summed E-state index contributed by atoms with van der Waals surface area (Å²) in [5.74, 6) is 0.752. The molecule has 1 rings (SSSR count).